The third-order valence-corrected chi connectivity index (χ3v) is 2.61. The van der Waals surface area contributed by atoms with E-state index < -0.39 is 0 Å². The van der Waals surface area contributed by atoms with Gasteiger partial charge in [-0.2, -0.15) is 11.8 Å². The molecule has 1 aliphatic heterocycles. The monoisotopic (exact) mass is 174 g/mol. The standard InChI is InChI=1S/C7H14N2OS/c1-8(2)7(10)9-3-5-11-6-4-9/h3-6H2,1-2H3. The van der Waals surface area contributed by atoms with E-state index in [9.17, 15) is 4.79 Å². The van der Waals surface area contributed by atoms with Gasteiger partial charge in [-0.25, -0.2) is 4.79 Å². The number of rotatable bonds is 0. The first kappa shape index (κ1) is 8.71. The lowest BCUT2D eigenvalue weighted by Gasteiger charge is -2.28. The molecule has 4 heteroatoms. The van der Waals surface area contributed by atoms with Gasteiger partial charge in [0.15, 0.2) is 0 Å². The van der Waals surface area contributed by atoms with Crippen molar-refractivity contribution < 1.29 is 4.79 Å². The number of carbonyl (C=O) groups is 1. The second kappa shape index (κ2) is 3.85. The summed E-state index contributed by atoms with van der Waals surface area (Å²) in [4.78, 5) is 14.9. The van der Waals surface area contributed by atoms with Crippen LogP contribution in [-0.2, 0) is 0 Å². The number of amides is 2. The van der Waals surface area contributed by atoms with Gasteiger partial charge in [0.05, 0.1) is 0 Å². The van der Waals surface area contributed by atoms with Gasteiger partial charge in [0.25, 0.3) is 0 Å². The average Bonchev–Trinajstić information content (AvgIpc) is 2.05. The maximum atomic E-state index is 11.3. The Morgan fingerprint density at radius 3 is 2.36 bits per heavy atom. The summed E-state index contributed by atoms with van der Waals surface area (Å²) in [5, 5.41) is 0. The van der Waals surface area contributed by atoms with Gasteiger partial charge in [0.1, 0.15) is 0 Å². The third kappa shape index (κ3) is 2.29. The number of urea groups is 1. The predicted octanol–water partition coefficient (Wildman–Crippen LogP) is 0.717. The van der Waals surface area contributed by atoms with Crippen LogP contribution in [0.3, 0.4) is 0 Å². The lowest BCUT2D eigenvalue weighted by molar-refractivity contribution is 0.176. The van der Waals surface area contributed by atoms with Crippen LogP contribution in [0.25, 0.3) is 0 Å². The SMILES string of the molecule is CN(C)C(=O)N1CCSCC1. The van der Waals surface area contributed by atoms with Crippen molar-refractivity contribution in [3.05, 3.63) is 0 Å². The maximum Gasteiger partial charge on any atom is 0.319 e. The maximum absolute atomic E-state index is 11.3. The van der Waals surface area contributed by atoms with Crippen LogP contribution in [0.4, 0.5) is 4.79 Å². The van der Waals surface area contributed by atoms with Crippen LogP contribution in [0.1, 0.15) is 0 Å². The molecule has 1 saturated heterocycles. The molecule has 0 aliphatic carbocycles. The zero-order chi connectivity index (χ0) is 8.27. The third-order valence-electron chi connectivity index (χ3n) is 1.66. The van der Waals surface area contributed by atoms with Crippen LogP contribution >= 0.6 is 11.8 Å². The number of nitrogens with zero attached hydrogens (tertiary/aromatic N) is 2. The Labute approximate surface area is 71.7 Å². The summed E-state index contributed by atoms with van der Waals surface area (Å²) in [5.41, 5.74) is 0. The molecule has 0 bridgehead atoms. The first-order chi connectivity index (χ1) is 5.22. The minimum atomic E-state index is 0.144. The van der Waals surface area contributed by atoms with Crippen molar-refractivity contribution in [1.29, 1.82) is 0 Å². The quantitative estimate of drug-likeness (QED) is 0.540. The summed E-state index contributed by atoms with van der Waals surface area (Å²) in [6.45, 7) is 1.81. The summed E-state index contributed by atoms with van der Waals surface area (Å²) < 4.78 is 0. The smallest absolute Gasteiger partial charge is 0.319 e. The summed E-state index contributed by atoms with van der Waals surface area (Å²) in [6, 6.07) is 0.144. The molecule has 0 saturated carbocycles. The molecule has 1 heterocycles. The highest BCUT2D eigenvalue weighted by molar-refractivity contribution is 7.99. The summed E-state index contributed by atoms with van der Waals surface area (Å²) in [7, 11) is 3.59. The molecule has 0 N–H and O–H groups in total. The predicted molar refractivity (Wildman–Crippen MR) is 48.0 cm³/mol. The fourth-order valence-corrected chi connectivity index (χ4v) is 1.94. The zero-order valence-electron chi connectivity index (χ0n) is 7.04. The normalized spacial score (nSPS) is 18.2. The molecular weight excluding hydrogens is 160 g/mol. The highest BCUT2D eigenvalue weighted by atomic mass is 32.2. The highest BCUT2D eigenvalue weighted by Gasteiger charge is 2.17. The van der Waals surface area contributed by atoms with Crippen molar-refractivity contribution in [2.24, 2.45) is 0 Å². The number of thioether (sulfide) groups is 1. The van der Waals surface area contributed by atoms with Crippen LogP contribution in [0.15, 0.2) is 0 Å². The molecule has 0 aromatic heterocycles. The van der Waals surface area contributed by atoms with Crippen LogP contribution in [0.5, 0.6) is 0 Å². The topological polar surface area (TPSA) is 23.6 Å². The van der Waals surface area contributed by atoms with Crippen molar-refractivity contribution in [2.75, 3.05) is 38.7 Å². The molecule has 0 aromatic carbocycles. The molecule has 2 amide bonds. The van der Waals surface area contributed by atoms with Crippen LogP contribution in [0.2, 0.25) is 0 Å². The van der Waals surface area contributed by atoms with E-state index in [4.69, 9.17) is 0 Å². The molecule has 1 rings (SSSR count). The van der Waals surface area contributed by atoms with E-state index in [-0.39, 0.29) is 6.03 Å². The van der Waals surface area contributed by atoms with Gasteiger partial charge in [-0.1, -0.05) is 0 Å². The van der Waals surface area contributed by atoms with E-state index >= 15 is 0 Å². The van der Waals surface area contributed by atoms with Crippen molar-refractivity contribution in [3.8, 4) is 0 Å². The molecule has 0 spiro atoms. The number of hydrogen-bond acceptors (Lipinski definition) is 2. The lowest BCUT2D eigenvalue weighted by Crippen LogP contribution is -2.43. The van der Waals surface area contributed by atoms with E-state index in [1.54, 1.807) is 19.0 Å². The Bertz CT molecular complexity index is 143. The highest BCUT2D eigenvalue weighted by Crippen LogP contribution is 2.09. The molecule has 0 unspecified atom stereocenters. The van der Waals surface area contributed by atoms with Gasteiger partial charge in [0.2, 0.25) is 0 Å². The molecule has 0 aromatic rings. The lowest BCUT2D eigenvalue weighted by atomic mass is 10.5. The van der Waals surface area contributed by atoms with Crippen LogP contribution in [-0.4, -0.2) is 54.5 Å². The van der Waals surface area contributed by atoms with Gasteiger partial charge in [-0.15, -0.1) is 0 Å². The fourth-order valence-electron chi connectivity index (χ4n) is 1.04. The Morgan fingerprint density at radius 1 is 1.36 bits per heavy atom. The van der Waals surface area contributed by atoms with Gasteiger partial charge >= 0.3 is 6.03 Å². The minimum Gasteiger partial charge on any atom is -0.331 e. The molecule has 0 atom stereocenters. The Balaban J connectivity index is 2.39. The van der Waals surface area contributed by atoms with Gasteiger partial charge in [-0.05, 0) is 0 Å². The molecule has 3 nitrogen and oxygen atoms in total. The molecule has 1 aliphatic rings. The van der Waals surface area contributed by atoms with E-state index in [0.717, 1.165) is 24.6 Å². The number of hydrogen-bond donors (Lipinski definition) is 0. The van der Waals surface area contributed by atoms with Gasteiger partial charge in [0, 0.05) is 38.7 Å². The van der Waals surface area contributed by atoms with E-state index in [1.165, 1.54) is 0 Å². The van der Waals surface area contributed by atoms with Crippen molar-refractivity contribution in [3.63, 3.8) is 0 Å². The molecule has 64 valence electrons. The van der Waals surface area contributed by atoms with Crippen molar-refractivity contribution in [2.45, 2.75) is 0 Å². The average molecular weight is 174 g/mol. The summed E-state index contributed by atoms with van der Waals surface area (Å²) >= 11 is 1.92. The Hall–Kier alpha value is -0.380. The minimum absolute atomic E-state index is 0.144. The van der Waals surface area contributed by atoms with Crippen molar-refractivity contribution >= 4 is 17.8 Å². The van der Waals surface area contributed by atoms with E-state index in [0.29, 0.717) is 0 Å². The Morgan fingerprint density at radius 2 is 1.91 bits per heavy atom. The Kier molecular flexibility index (Phi) is 3.05. The first-order valence-electron chi connectivity index (χ1n) is 3.76. The second-order valence-electron chi connectivity index (χ2n) is 2.78. The fraction of sp³-hybridized carbons (Fsp3) is 0.857. The first-order valence-corrected chi connectivity index (χ1v) is 4.91. The van der Waals surface area contributed by atoms with Crippen LogP contribution < -0.4 is 0 Å². The second-order valence-corrected chi connectivity index (χ2v) is 4.00. The van der Waals surface area contributed by atoms with Gasteiger partial charge in [-0.3, -0.25) is 0 Å². The molecular formula is C7H14N2OS. The van der Waals surface area contributed by atoms with Gasteiger partial charge < -0.3 is 9.80 Å². The summed E-state index contributed by atoms with van der Waals surface area (Å²) in [6.07, 6.45) is 0. The molecule has 0 radical (unpaired) electrons. The largest absolute Gasteiger partial charge is 0.331 e. The summed E-state index contributed by atoms with van der Waals surface area (Å²) in [5.74, 6) is 2.17. The zero-order valence-corrected chi connectivity index (χ0v) is 7.86. The number of carbonyl (C=O) groups excluding carboxylic acids is 1. The van der Waals surface area contributed by atoms with E-state index in [1.807, 2.05) is 16.7 Å². The van der Waals surface area contributed by atoms with Crippen LogP contribution in [0, 0.1) is 0 Å². The molecule has 11 heavy (non-hydrogen) atoms. The van der Waals surface area contributed by atoms with Crippen molar-refractivity contribution in [1.82, 2.24) is 9.80 Å². The van der Waals surface area contributed by atoms with E-state index in [2.05, 4.69) is 0 Å². The molecule has 1 fully saturated rings.